The van der Waals surface area contributed by atoms with Crippen LogP contribution in [0.4, 0.5) is 0 Å². The first-order chi connectivity index (χ1) is 13.0. The van der Waals surface area contributed by atoms with E-state index in [1.165, 1.54) is 32.1 Å². The molecule has 142 valence electrons. The fraction of sp³-hybridized carbons (Fsp3) is 0.565. The molecule has 3 aliphatic rings. The minimum absolute atomic E-state index is 0.0520. The molecular formula is C23H28N2O2. The zero-order valence-electron chi connectivity index (χ0n) is 16.3. The summed E-state index contributed by atoms with van der Waals surface area (Å²) in [5, 5.41) is 0.946. The molecule has 0 spiro atoms. The van der Waals surface area contributed by atoms with Gasteiger partial charge in [0.15, 0.2) is 5.78 Å². The van der Waals surface area contributed by atoms with E-state index in [0.29, 0.717) is 29.6 Å². The Labute approximate surface area is 160 Å². The molecule has 4 heteroatoms. The molecule has 3 fully saturated rings. The molecule has 1 saturated heterocycles. The molecule has 0 bridgehead atoms. The van der Waals surface area contributed by atoms with Gasteiger partial charge in [-0.05, 0) is 43.6 Å². The third kappa shape index (κ3) is 2.72. The van der Waals surface area contributed by atoms with E-state index in [1.807, 2.05) is 35.0 Å². The average Bonchev–Trinajstić information content (AvgIpc) is 2.97. The van der Waals surface area contributed by atoms with Crippen LogP contribution in [-0.4, -0.2) is 33.2 Å². The maximum atomic E-state index is 13.3. The number of piperidine rings is 1. The van der Waals surface area contributed by atoms with Gasteiger partial charge in [0.1, 0.15) is 6.54 Å². The predicted octanol–water partition coefficient (Wildman–Crippen LogP) is 4.41. The Morgan fingerprint density at radius 1 is 1.19 bits per heavy atom. The molecule has 5 rings (SSSR count). The Morgan fingerprint density at radius 3 is 2.67 bits per heavy atom. The summed E-state index contributed by atoms with van der Waals surface area (Å²) in [5.74, 6) is 1.10. The van der Waals surface area contributed by atoms with Gasteiger partial charge in [-0.15, -0.1) is 0 Å². The number of carbonyl (C=O) groups is 2. The SMILES string of the molecule is CC(=O)c1cn(CC(=O)N2C(CC3CCC3)CC3(C)CC23)c2ccccc12. The van der Waals surface area contributed by atoms with E-state index in [-0.39, 0.29) is 11.7 Å². The van der Waals surface area contributed by atoms with Crippen molar-refractivity contribution in [3.8, 4) is 0 Å². The van der Waals surface area contributed by atoms with Gasteiger partial charge < -0.3 is 9.47 Å². The Morgan fingerprint density at radius 2 is 1.96 bits per heavy atom. The zero-order chi connectivity index (χ0) is 18.8. The number of hydrogen-bond donors (Lipinski definition) is 0. The first-order valence-electron chi connectivity index (χ1n) is 10.4. The number of carbonyl (C=O) groups excluding carboxylic acids is 2. The largest absolute Gasteiger partial charge is 0.337 e. The van der Waals surface area contributed by atoms with Crippen molar-refractivity contribution in [1.29, 1.82) is 0 Å². The molecule has 2 aliphatic carbocycles. The van der Waals surface area contributed by atoms with E-state index in [9.17, 15) is 9.59 Å². The molecule has 1 aromatic carbocycles. The van der Waals surface area contributed by atoms with Crippen molar-refractivity contribution in [2.45, 2.75) is 71.0 Å². The van der Waals surface area contributed by atoms with E-state index in [4.69, 9.17) is 0 Å². The first kappa shape index (κ1) is 17.0. The summed E-state index contributed by atoms with van der Waals surface area (Å²) in [4.78, 5) is 27.6. The van der Waals surface area contributed by atoms with Crippen molar-refractivity contribution in [1.82, 2.24) is 9.47 Å². The van der Waals surface area contributed by atoms with Gasteiger partial charge in [-0.1, -0.05) is 44.4 Å². The van der Waals surface area contributed by atoms with E-state index >= 15 is 0 Å². The highest BCUT2D eigenvalue weighted by Crippen LogP contribution is 2.60. The van der Waals surface area contributed by atoms with Crippen molar-refractivity contribution in [3.05, 3.63) is 36.0 Å². The molecule has 4 nitrogen and oxygen atoms in total. The number of nitrogens with zero attached hydrogens (tertiary/aromatic N) is 2. The summed E-state index contributed by atoms with van der Waals surface area (Å²) in [6.07, 6.45) is 9.41. The molecule has 3 unspecified atom stereocenters. The molecule has 1 amide bonds. The number of para-hydroxylation sites is 1. The second-order valence-corrected chi connectivity index (χ2v) is 9.31. The number of rotatable bonds is 5. The third-order valence-electron chi connectivity index (χ3n) is 7.33. The number of fused-ring (bicyclic) bond motifs is 2. The van der Waals surface area contributed by atoms with Crippen LogP contribution in [0.1, 0.15) is 62.7 Å². The van der Waals surface area contributed by atoms with Crippen LogP contribution in [0.3, 0.4) is 0 Å². The molecule has 0 N–H and O–H groups in total. The Hall–Kier alpha value is -2.10. The lowest BCUT2D eigenvalue weighted by Crippen LogP contribution is -2.41. The van der Waals surface area contributed by atoms with Crippen LogP contribution >= 0.6 is 0 Å². The molecule has 0 radical (unpaired) electrons. The standard InChI is InChI=1S/C23H28N2O2/c1-15(26)19-13-24(20-9-4-3-8-18(19)20)14-22(27)25-17(10-16-6-5-7-16)11-23(2)12-21(23)25/h3-4,8-9,13,16-17,21H,5-7,10-12,14H2,1-2H3. The van der Waals surface area contributed by atoms with Gasteiger partial charge >= 0.3 is 0 Å². The molecule has 2 heterocycles. The fourth-order valence-electron chi connectivity index (χ4n) is 5.50. The van der Waals surface area contributed by atoms with Gasteiger partial charge in [0.2, 0.25) is 5.91 Å². The smallest absolute Gasteiger partial charge is 0.243 e. The van der Waals surface area contributed by atoms with Gasteiger partial charge in [0, 0.05) is 34.7 Å². The molecule has 2 aromatic rings. The number of benzene rings is 1. The van der Waals surface area contributed by atoms with Crippen molar-refractivity contribution >= 4 is 22.6 Å². The Bertz CT molecular complexity index is 926. The highest BCUT2D eigenvalue weighted by atomic mass is 16.2. The highest BCUT2D eigenvalue weighted by Gasteiger charge is 2.62. The summed E-state index contributed by atoms with van der Waals surface area (Å²) in [6, 6.07) is 8.75. The lowest BCUT2D eigenvalue weighted by Gasteiger charge is -2.34. The van der Waals surface area contributed by atoms with E-state index in [1.54, 1.807) is 6.92 Å². The van der Waals surface area contributed by atoms with Crippen LogP contribution in [0.15, 0.2) is 30.5 Å². The van der Waals surface area contributed by atoms with Crippen molar-refractivity contribution in [2.75, 3.05) is 0 Å². The lowest BCUT2D eigenvalue weighted by molar-refractivity contribution is -0.134. The average molecular weight is 364 g/mol. The van der Waals surface area contributed by atoms with E-state index in [2.05, 4.69) is 11.8 Å². The number of amides is 1. The number of aromatic nitrogens is 1. The predicted molar refractivity (Wildman–Crippen MR) is 106 cm³/mol. The molecule has 1 aliphatic heterocycles. The molecular weight excluding hydrogens is 336 g/mol. The summed E-state index contributed by atoms with van der Waals surface area (Å²) in [5.41, 5.74) is 2.04. The van der Waals surface area contributed by atoms with Gasteiger partial charge in [0.25, 0.3) is 0 Å². The number of hydrogen-bond acceptors (Lipinski definition) is 2. The van der Waals surface area contributed by atoms with Crippen molar-refractivity contribution < 1.29 is 9.59 Å². The van der Waals surface area contributed by atoms with Gasteiger partial charge in [-0.25, -0.2) is 0 Å². The number of ketones is 1. The highest BCUT2D eigenvalue weighted by molar-refractivity contribution is 6.07. The Kier molecular flexibility index (Phi) is 3.75. The van der Waals surface area contributed by atoms with Crippen LogP contribution in [0, 0.1) is 11.3 Å². The molecule has 2 saturated carbocycles. The molecule has 27 heavy (non-hydrogen) atoms. The van der Waals surface area contributed by atoms with Crippen LogP contribution in [0.5, 0.6) is 0 Å². The summed E-state index contributed by atoms with van der Waals surface area (Å²) < 4.78 is 1.98. The van der Waals surface area contributed by atoms with E-state index < -0.39 is 0 Å². The van der Waals surface area contributed by atoms with Gasteiger partial charge in [-0.3, -0.25) is 9.59 Å². The van der Waals surface area contributed by atoms with E-state index in [0.717, 1.165) is 23.2 Å². The quantitative estimate of drug-likeness (QED) is 0.737. The van der Waals surface area contributed by atoms with Crippen LogP contribution in [0.25, 0.3) is 10.9 Å². The third-order valence-corrected chi connectivity index (χ3v) is 7.33. The van der Waals surface area contributed by atoms with Crippen LogP contribution < -0.4 is 0 Å². The normalized spacial score (nSPS) is 29.6. The second kappa shape index (κ2) is 5.95. The van der Waals surface area contributed by atoms with Crippen LogP contribution in [-0.2, 0) is 11.3 Å². The fourth-order valence-corrected chi connectivity index (χ4v) is 5.50. The minimum atomic E-state index is 0.0520. The Balaban J connectivity index is 1.41. The summed E-state index contributed by atoms with van der Waals surface area (Å²) >= 11 is 0. The lowest BCUT2D eigenvalue weighted by atomic mass is 9.79. The maximum absolute atomic E-state index is 13.3. The van der Waals surface area contributed by atoms with Crippen LogP contribution in [0.2, 0.25) is 0 Å². The monoisotopic (exact) mass is 364 g/mol. The zero-order valence-corrected chi connectivity index (χ0v) is 16.3. The second-order valence-electron chi connectivity index (χ2n) is 9.31. The summed E-state index contributed by atoms with van der Waals surface area (Å²) in [7, 11) is 0. The van der Waals surface area contributed by atoms with Crippen molar-refractivity contribution in [2.24, 2.45) is 11.3 Å². The minimum Gasteiger partial charge on any atom is -0.337 e. The summed E-state index contributed by atoms with van der Waals surface area (Å²) in [6.45, 7) is 4.28. The number of Topliss-reactive ketones (excluding diaryl/α,β-unsaturated/α-hetero) is 1. The van der Waals surface area contributed by atoms with Crippen molar-refractivity contribution in [3.63, 3.8) is 0 Å². The van der Waals surface area contributed by atoms with Gasteiger partial charge in [0.05, 0.1) is 0 Å². The molecule has 3 atom stereocenters. The van der Waals surface area contributed by atoms with Gasteiger partial charge in [-0.2, -0.15) is 0 Å². The first-order valence-corrected chi connectivity index (χ1v) is 10.4. The topological polar surface area (TPSA) is 42.3 Å². The molecule has 1 aromatic heterocycles. The number of likely N-dealkylation sites (tertiary alicyclic amines) is 1. The maximum Gasteiger partial charge on any atom is 0.243 e.